The molecule has 2 aromatic carbocycles. The molecule has 0 atom stereocenters. The number of carbonyl (C=O) groups excluding carboxylic acids is 1. The van der Waals surface area contributed by atoms with Crippen molar-refractivity contribution in [1.82, 2.24) is 15.5 Å². The SMILES string of the molecule is Cc1ccc(CNC(=O)NCCN2CCN(c3ccccc3)CC2)cc1. The minimum Gasteiger partial charge on any atom is -0.369 e. The number of carbonyl (C=O) groups is 1. The zero-order valence-corrected chi connectivity index (χ0v) is 15.4. The highest BCUT2D eigenvalue weighted by atomic mass is 16.2. The highest BCUT2D eigenvalue weighted by Gasteiger charge is 2.16. The lowest BCUT2D eigenvalue weighted by atomic mass is 10.1. The molecule has 0 radical (unpaired) electrons. The van der Waals surface area contributed by atoms with Gasteiger partial charge in [-0.3, -0.25) is 4.90 Å². The lowest BCUT2D eigenvalue weighted by Gasteiger charge is -2.36. The summed E-state index contributed by atoms with van der Waals surface area (Å²) in [5, 5.41) is 5.86. The maximum Gasteiger partial charge on any atom is 0.315 e. The molecule has 138 valence electrons. The maximum absolute atomic E-state index is 11.9. The molecule has 0 unspecified atom stereocenters. The second kappa shape index (κ2) is 9.25. The minimum atomic E-state index is -0.103. The monoisotopic (exact) mass is 352 g/mol. The van der Waals surface area contributed by atoms with Gasteiger partial charge in [-0.1, -0.05) is 48.0 Å². The lowest BCUT2D eigenvalue weighted by molar-refractivity contribution is 0.231. The van der Waals surface area contributed by atoms with Crippen LogP contribution in [0, 0.1) is 6.92 Å². The highest BCUT2D eigenvalue weighted by molar-refractivity contribution is 5.73. The first-order valence-electron chi connectivity index (χ1n) is 9.30. The van der Waals surface area contributed by atoms with Gasteiger partial charge in [0.25, 0.3) is 0 Å². The highest BCUT2D eigenvalue weighted by Crippen LogP contribution is 2.15. The van der Waals surface area contributed by atoms with Gasteiger partial charge in [-0.2, -0.15) is 0 Å². The zero-order valence-electron chi connectivity index (χ0n) is 15.4. The van der Waals surface area contributed by atoms with E-state index in [1.54, 1.807) is 0 Å². The van der Waals surface area contributed by atoms with Gasteiger partial charge < -0.3 is 15.5 Å². The number of rotatable bonds is 6. The number of nitrogens with one attached hydrogen (secondary N) is 2. The van der Waals surface area contributed by atoms with E-state index in [0.717, 1.165) is 38.3 Å². The third-order valence-electron chi connectivity index (χ3n) is 4.78. The largest absolute Gasteiger partial charge is 0.369 e. The van der Waals surface area contributed by atoms with Crippen LogP contribution in [0.1, 0.15) is 11.1 Å². The summed E-state index contributed by atoms with van der Waals surface area (Å²) in [5.74, 6) is 0. The molecular formula is C21H28N4O. The summed E-state index contributed by atoms with van der Waals surface area (Å²) in [6.07, 6.45) is 0. The Kier molecular flexibility index (Phi) is 6.50. The maximum atomic E-state index is 11.9. The predicted octanol–water partition coefficient (Wildman–Crippen LogP) is 2.62. The van der Waals surface area contributed by atoms with Crippen LogP contribution in [-0.4, -0.2) is 50.2 Å². The predicted molar refractivity (Wildman–Crippen MR) is 107 cm³/mol. The van der Waals surface area contributed by atoms with E-state index in [2.05, 4.69) is 69.8 Å². The van der Waals surface area contributed by atoms with E-state index < -0.39 is 0 Å². The van der Waals surface area contributed by atoms with Crippen molar-refractivity contribution in [3.05, 3.63) is 65.7 Å². The van der Waals surface area contributed by atoms with E-state index in [1.807, 2.05) is 12.1 Å². The molecule has 2 amide bonds. The normalized spacial score (nSPS) is 14.9. The third kappa shape index (κ3) is 5.49. The molecule has 5 nitrogen and oxygen atoms in total. The van der Waals surface area contributed by atoms with Gasteiger partial charge in [0.15, 0.2) is 0 Å². The van der Waals surface area contributed by atoms with E-state index >= 15 is 0 Å². The summed E-state index contributed by atoms with van der Waals surface area (Å²) >= 11 is 0. The Balaban J connectivity index is 1.30. The van der Waals surface area contributed by atoms with Crippen molar-refractivity contribution in [3.8, 4) is 0 Å². The fraction of sp³-hybridized carbons (Fsp3) is 0.381. The Morgan fingerprint density at radius 1 is 0.923 bits per heavy atom. The van der Waals surface area contributed by atoms with Crippen LogP contribution in [0.15, 0.2) is 54.6 Å². The molecule has 5 heteroatoms. The summed E-state index contributed by atoms with van der Waals surface area (Å²) < 4.78 is 0. The van der Waals surface area contributed by atoms with Crippen LogP contribution in [0.4, 0.5) is 10.5 Å². The second-order valence-electron chi connectivity index (χ2n) is 6.76. The van der Waals surface area contributed by atoms with E-state index in [-0.39, 0.29) is 6.03 Å². The van der Waals surface area contributed by atoms with Crippen LogP contribution in [0.2, 0.25) is 0 Å². The number of hydrogen-bond donors (Lipinski definition) is 2. The van der Waals surface area contributed by atoms with Gasteiger partial charge in [-0.25, -0.2) is 4.79 Å². The Bertz CT molecular complexity index is 679. The number of benzene rings is 2. The van der Waals surface area contributed by atoms with Crippen LogP contribution in [0.25, 0.3) is 0 Å². The molecule has 2 N–H and O–H groups in total. The molecule has 1 saturated heterocycles. The van der Waals surface area contributed by atoms with Crippen molar-refractivity contribution in [2.45, 2.75) is 13.5 Å². The second-order valence-corrected chi connectivity index (χ2v) is 6.76. The van der Waals surface area contributed by atoms with Gasteiger partial charge >= 0.3 is 6.03 Å². The summed E-state index contributed by atoms with van der Waals surface area (Å²) in [7, 11) is 0. The summed E-state index contributed by atoms with van der Waals surface area (Å²) in [4.78, 5) is 16.7. The Morgan fingerprint density at radius 3 is 2.31 bits per heavy atom. The molecule has 2 aromatic rings. The number of hydrogen-bond acceptors (Lipinski definition) is 3. The average Bonchev–Trinajstić information content (AvgIpc) is 2.69. The first kappa shape index (κ1) is 18.3. The molecule has 26 heavy (non-hydrogen) atoms. The van der Waals surface area contributed by atoms with Crippen molar-refractivity contribution < 1.29 is 4.79 Å². The molecule has 1 fully saturated rings. The number of urea groups is 1. The summed E-state index contributed by atoms with van der Waals surface area (Å²) in [6.45, 7) is 8.30. The Morgan fingerprint density at radius 2 is 1.62 bits per heavy atom. The summed E-state index contributed by atoms with van der Waals surface area (Å²) in [6, 6.07) is 18.6. The fourth-order valence-corrected chi connectivity index (χ4v) is 3.15. The molecule has 0 aliphatic carbocycles. The van der Waals surface area contributed by atoms with E-state index in [4.69, 9.17) is 0 Å². The zero-order chi connectivity index (χ0) is 18.2. The van der Waals surface area contributed by atoms with Crippen molar-refractivity contribution in [3.63, 3.8) is 0 Å². The van der Waals surface area contributed by atoms with Gasteiger partial charge in [0.1, 0.15) is 0 Å². The van der Waals surface area contributed by atoms with Crippen LogP contribution in [0.3, 0.4) is 0 Å². The molecule has 0 aromatic heterocycles. The van der Waals surface area contributed by atoms with Crippen molar-refractivity contribution >= 4 is 11.7 Å². The van der Waals surface area contributed by atoms with Gasteiger partial charge in [0.05, 0.1) is 0 Å². The lowest BCUT2D eigenvalue weighted by Crippen LogP contribution is -2.49. The molecule has 0 spiro atoms. The van der Waals surface area contributed by atoms with Crippen molar-refractivity contribution in [2.24, 2.45) is 0 Å². The Hall–Kier alpha value is -2.53. The van der Waals surface area contributed by atoms with Gasteiger partial charge in [0, 0.05) is 51.5 Å². The topological polar surface area (TPSA) is 47.6 Å². The van der Waals surface area contributed by atoms with Crippen molar-refractivity contribution in [1.29, 1.82) is 0 Å². The van der Waals surface area contributed by atoms with E-state index in [0.29, 0.717) is 13.1 Å². The van der Waals surface area contributed by atoms with Gasteiger partial charge in [-0.05, 0) is 24.6 Å². The molecular weight excluding hydrogens is 324 g/mol. The molecule has 1 aliphatic heterocycles. The standard InChI is InChI=1S/C21H28N4O/c1-18-7-9-19(10-8-18)17-23-21(26)22-11-12-24-13-15-25(16-14-24)20-5-3-2-4-6-20/h2-10H,11-17H2,1H3,(H2,22,23,26). The number of nitrogens with zero attached hydrogens (tertiary/aromatic N) is 2. The molecule has 0 saturated carbocycles. The number of piperazine rings is 1. The summed E-state index contributed by atoms with van der Waals surface area (Å²) in [5.41, 5.74) is 3.63. The third-order valence-corrected chi connectivity index (χ3v) is 4.78. The molecule has 0 bridgehead atoms. The number of amides is 2. The van der Waals surface area contributed by atoms with Gasteiger partial charge in [-0.15, -0.1) is 0 Å². The average molecular weight is 352 g/mol. The number of para-hydroxylation sites is 1. The van der Waals surface area contributed by atoms with Crippen LogP contribution in [-0.2, 0) is 6.54 Å². The molecule has 3 rings (SSSR count). The first-order valence-corrected chi connectivity index (χ1v) is 9.30. The quantitative estimate of drug-likeness (QED) is 0.840. The van der Waals surface area contributed by atoms with Crippen LogP contribution >= 0.6 is 0 Å². The fourth-order valence-electron chi connectivity index (χ4n) is 3.15. The van der Waals surface area contributed by atoms with Crippen molar-refractivity contribution in [2.75, 3.05) is 44.2 Å². The number of aryl methyl sites for hydroxylation is 1. The van der Waals surface area contributed by atoms with E-state index in [1.165, 1.54) is 11.3 Å². The Labute approximate surface area is 156 Å². The first-order chi connectivity index (χ1) is 12.7. The van der Waals surface area contributed by atoms with Gasteiger partial charge in [0.2, 0.25) is 0 Å². The molecule has 1 heterocycles. The smallest absolute Gasteiger partial charge is 0.315 e. The van der Waals surface area contributed by atoms with E-state index in [9.17, 15) is 4.79 Å². The molecule has 1 aliphatic rings. The minimum absolute atomic E-state index is 0.103. The van der Waals surface area contributed by atoms with Crippen LogP contribution < -0.4 is 15.5 Å². The number of anilines is 1. The van der Waals surface area contributed by atoms with Crippen LogP contribution in [0.5, 0.6) is 0 Å².